The first-order valence-corrected chi connectivity index (χ1v) is 5.80. The molecule has 2 aromatic carbocycles. The van der Waals surface area contributed by atoms with E-state index >= 15 is 0 Å². The first kappa shape index (κ1) is 12.4. The highest BCUT2D eigenvalue weighted by atomic mass is 35.5. The van der Waals surface area contributed by atoms with Crippen LogP contribution in [-0.2, 0) is 0 Å². The Kier molecular flexibility index (Phi) is 3.67. The van der Waals surface area contributed by atoms with Crippen LogP contribution >= 0.6 is 23.2 Å². The molecule has 0 aromatic heterocycles. The van der Waals surface area contributed by atoms with Crippen molar-refractivity contribution in [3.63, 3.8) is 0 Å². The van der Waals surface area contributed by atoms with Crippen LogP contribution in [0.3, 0.4) is 0 Å². The third kappa shape index (κ3) is 2.60. The second-order valence-electron chi connectivity index (χ2n) is 3.67. The van der Waals surface area contributed by atoms with Crippen LogP contribution in [0, 0.1) is 5.82 Å². The van der Waals surface area contributed by atoms with E-state index in [4.69, 9.17) is 28.9 Å². The topological polar surface area (TPSA) is 26.0 Å². The lowest BCUT2D eigenvalue weighted by molar-refractivity contribution is 0.623. The molecule has 0 saturated carbocycles. The van der Waals surface area contributed by atoms with Crippen molar-refractivity contribution in [2.45, 2.75) is 6.04 Å². The Morgan fingerprint density at radius 1 is 0.941 bits per heavy atom. The molecule has 4 heteroatoms. The van der Waals surface area contributed by atoms with E-state index in [1.54, 1.807) is 12.1 Å². The molecule has 0 aliphatic heterocycles. The largest absolute Gasteiger partial charge is 0.320 e. The van der Waals surface area contributed by atoms with Crippen molar-refractivity contribution in [2.75, 3.05) is 0 Å². The van der Waals surface area contributed by atoms with E-state index in [1.807, 2.05) is 12.1 Å². The molecule has 17 heavy (non-hydrogen) atoms. The number of nitrogens with two attached hydrogens (primary N) is 1. The van der Waals surface area contributed by atoms with Crippen LogP contribution in [0.5, 0.6) is 0 Å². The normalized spacial score (nSPS) is 12.5. The van der Waals surface area contributed by atoms with E-state index in [2.05, 4.69) is 0 Å². The van der Waals surface area contributed by atoms with Crippen molar-refractivity contribution in [2.24, 2.45) is 5.73 Å². The van der Waals surface area contributed by atoms with Gasteiger partial charge in [0.2, 0.25) is 0 Å². The number of rotatable bonds is 2. The van der Waals surface area contributed by atoms with E-state index in [0.717, 1.165) is 5.56 Å². The number of hydrogen-bond acceptors (Lipinski definition) is 1. The zero-order valence-electron chi connectivity index (χ0n) is 8.83. The highest BCUT2D eigenvalue weighted by Crippen LogP contribution is 2.30. The van der Waals surface area contributed by atoms with Gasteiger partial charge in [-0.25, -0.2) is 4.39 Å². The van der Waals surface area contributed by atoms with Crippen LogP contribution in [0.25, 0.3) is 0 Å². The summed E-state index contributed by atoms with van der Waals surface area (Å²) in [6.45, 7) is 0. The van der Waals surface area contributed by atoms with Crippen LogP contribution in [0.4, 0.5) is 4.39 Å². The third-order valence-electron chi connectivity index (χ3n) is 2.53. The molecule has 0 radical (unpaired) electrons. The molecular weight excluding hydrogens is 260 g/mol. The van der Waals surface area contributed by atoms with Gasteiger partial charge in [0.25, 0.3) is 0 Å². The lowest BCUT2D eigenvalue weighted by atomic mass is 9.99. The zero-order chi connectivity index (χ0) is 12.4. The highest BCUT2D eigenvalue weighted by molar-refractivity contribution is 6.32. The maximum absolute atomic E-state index is 13.2. The summed E-state index contributed by atoms with van der Waals surface area (Å²) in [5, 5.41) is 0.971. The molecule has 2 N–H and O–H groups in total. The number of benzene rings is 2. The van der Waals surface area contributed by atoms with Crippen LogP contribution in [0.2, 0.25) is 10.0 Å². The minimum atomic E-state index is -0.535. The quantitative estimate of drug-likeness (QED) is 0.870. The first-order valence-electron chi connectivity index (χ1n) is 5.04. The third-order valence-corrected chi connectivity index (χ3v) is 3.22. The predicted molar refractivity (Wildman–Crippen MR) is 68.9 cm³/mol. The van der Waals surface area contributed by atoms with Crippen molar-refractivity contribution >= 4 is 23.2 Å². The average molecular weight is 270 g/mol. The van der Waals surface area contributed by atoms with Gasteiger partial charge in [0, 0.05) is 10.0 Å². The Balaban J connectivity index is 2.47. The van der Waals surface area contributed by atoms with Gasteiger partial charge in [-0.05, 0) is 35.4 Å². The lowest BCUT2D eigenvalue weighted by Gasteiger charge is -2.15. The van der Waals surface area contributed by atoms with Gasteiger partial charge in [-0.15, -0.1) is 0 Å². The van der Waals surface area contributed by atoms with Crippen molar-refractivity contribution in [3.8, 4) is 0 Å². The molecule has 0 bridgehead atoms. The number of hydrogen-bond donors (Lipinski definition) is 1. The molecular formula is C13H10Cl2FN. The molecule has 0 aliphatic rings. The van der Waals surface area contributed by atoms with Crippen LogP contribution in [0.15, 0.2) is 42.5 Å². The molecule has 1 unspecified atom stereocenters. The Morgan fingerprint density at radius 3 is 2.29 bits per heavy atom. The Morgan fingerprint density at radius 2 is 1.59 bits per heavy atom. The van der Waals surface area contributed by atoms with Gasteiger partial charge in [0.05, 0.1) is 6.04 Å². The van der Waals surface area contributed by atoms with E-state index in [-0.39, 0.29) is 5.82 Å². The highest BCUT2D eigenvalue weighted by Gasteiger charge is 2.15. The van der Waals surface area contributed by atoms with Gasteiger partial charge >= 0.3 is 0 Å². The van der Waals surface area contributed by atoms with Gasteiger partial charge in [-0.1, -0.05) is 41.4 Å². The minimum Gasteiger partial charge on any atom is -0.320 e. The maximum Gasteiger partial charge on any atom is 0.123 e. The molecule has 0 saturated heterocycles. The molecule has 0 spiro atoms. The summed E-state index contributed by atoms with van der Waals surface area (Å²) < 4.78 is 13.2. The van der Waals surface area contributed by atoms with Crippen LogP contribution in [0.1, 0.15) is 17.2 Å². The second-order valence-corrected chi connectivity index (χ2v) is 4.48. The summed E-state index contributed by atoms with van der Waals surface area (Å²) in [4.78, 5) is 0. The van der Waals surface area contributed by atoms with Crippen LogP contribution < -0.4 is 5.73 Å². The molecule has 0 aliphatic carbocycles. The Bertz CT molecular complexity index is 543. The van der Waals surface area contributed by atoms with Crippen LogP contribution in [-0.4, -0.2) is 0 Å². The standard InChI is InChI=1S/C13H10Cl2FN/c14-11-4-2-1-3-9(11)13(17)10-7-8(16)5-6-12(10)15/h1-7,13H,17H2. The summed E-state index contributed by atoms with van der Waals surface area (Å²) in [6.07, 6.45) is 0. The van der Waals surface area contributed by atoms with Gasteiger partial charge in [0.15, 0.2) is 0 Å². The smallest absolute Gasteiger partial charge is 0.123 e. The van der Waals surface area contributed by atoms with E-state index < -0.39 is 6.04 Å². The molecule has 2 aromatic rings. The molecule has 0 fully saturated rings. The molecule has 0 amide bonds. The fourth-order valence-electron chi connectivity index (χ4n) is 1.65. The summed E-state index contributed by atoms with van der Waals surface area (Å²) in [6, 6.07) is 10.8. The fourth-order valence-corrected chi connectivity index (χ4v) is 2.14. The second kappa shape index (κ2) is 5.05. The average Bonchev–Trinajstić information content (AvgIpc) is 2.32. The zero-order valence-corrected chi connectivity index (χ0v) is 10.3. The summed E-state index contributed by atoms with van der Waals surface area (Å²) in [7, 11) is 0. The molecule has 1 atom stereocenters. The summed E-state index contributed by atoms with van der Waals surface area (Å²) in [5.74, 6) is -0.369. The molecule has 0 heterocycles. The Hall–Kier alpha value is -1.09. The van der Waals surface area contributed by atoms with Gasteiger partial charge in [0.1, 0.15) is 5.82 Å². The first-order chi connectivity index (χ1) is 8.09. The predicted octanol–water partition coefficient (Wildman–Crippen LogP) is 4.18. The summed E-state index contributed by atoms with van der Waals surface area (Å²) >= 11 is 12.0. The molecule has 1 nitrogen and oxygen atoms in total. The van der Waals surface area contributed by atoms with E-state index in [1.165, 1.54) is 18.2 Å². The number of halogens is 3. The molecule has 88 valence electrons. The SMILES string of the molecule is NC(c1ccccc1Cl)c1cc(F)ccc1Cl. The van der Waals surface area contributed by atoms with Gasteiger partial charge < -0.3 is 5.73 Å². The van der Waals surface area contributed by atoms with E-state index in [9.17, 15) is 4.39 Å². The summed E-state index contributed by atoms with van der Waals surface area (Å²) in [5.41, 5.74) is 7.30. The van der Waals surface area contributed by atoms with Crippen molar-refractivity contribution < 1.29 is 4.39 Å². The lowest BCUT2D eigenvalue weighted by Crippen LogP contribution is -2.13. The fraction of sp³-hybridized carbons (Fsp3) is 0.0769. The maximum atomic E-state index is 13.2. The monoisotopic (exact) mass is 269 g/mol. The van der Waals surface area contributed by atoms with E-state index in [0.29, 0.717) is 15.6 Å². The Labute approximate surface area is 109 Å². The van der Waals surface area contributed by atoms with Gasteiger partial charge in [-0.3, -0.25) is 0 Å². The van der Waals surface area contributed by atoms with Crippen molar-refractivity contribution in [1.29, 1.82) is 0 Å². The van der Waals surface area contributed by atoms with Gasteiger partial charge in [-0.2, -0.15) is 0 Å². The minimum absolute atomic E-state index is 0.369. The molecule has 2 rings (SSSR count). The van der Waals surface area contributed by atoms with Crippen molar-refractivity contribution in [3.05, 3.63) is 69.5 Å². The van der Waals surface area contributed by atoms with Crippen molar-refractivity contribution in [1.82, 2.24) is 0 Å².